The minimum Gasteiger partial charge on any atom is -0.481 e. The monoisotopic (exact) mass is 312 g/mol. The van der Waals surface area contributed by atoms with E-state index in [1.807, 2.05) is 6.92 Å². The number of urea groups is 1. The van der Waals surface area contributed by atoms with Gasteiger partial charge in [-0.05, 0) is 25.2 Å². The van der Waals surface area contributed by atoms with Gasteiger partial charge in [-0.3, -0.25) is 4.79 Å². The lowest BCUT2D eigenvalue weighted by Crippen LogP contribution is -2.50. The number of carboxylic acids is 1. The fourth-order valence-corrected chi connectivity index (χ4v) is 3.42. The molecule has 2 atom stereocenters. The van der Waals surface area contributed by atoms with Crippen LogP contribution < -0.4 is 5.32 Å². The maximum absolute atomic E-state index is 12.1. The normalized spacial score (nSPS) is 26.7. The van der Waals surface area contributed by atoms with E-state index in [-0.39, 0.29) is 11.9 Å². The van der Waals surface area contributed by atoms with Gasteiger partial charge in [-0.2, -0.15) is 0 Å². The van der Waals surface area contributed by atoms with Crippen LogP contribution in [0, 0.1) is 11.8 Å². The van der Waals surface area contributed by atoms with Gasteiger partial charge in [0.25, 0.3) is 0 Å². The van der Waals surface area contributed by atoms with E-state index in [4.69, 9.17) is 9.84 Å². The van der Waals surface area contributed by atoms with Crippen molar-refractivity contribution in [3.63, 3.8) is 0 Å². The SMILES string of the molecule is CC1CC(C(=O)O)CN(C(=O)NCCOC2CCCCC2)C1. The fourth-order valence-electron chi connectivity index (χ4n) is 3.42. The molecule has 2 amide bonds. The van der Waals surface area contributed by atoms with Crippen molar-refractivity contribution in [1.29, 1.82) is 0 Å². The summed E-state index contributed by atoms with van der Waals surface area (Å²) in [5.41, 5.74) is 0. The van der Waals surface area contributed by atoms with Gasteiger partial charge in [-0.1, -0.05) is 26.2 Å². The van der Waals surface area contributed by atoms with Crippen LogP contribution in [0.4, 0.5) is 4.79 Å². The number of carboxylic acid groups (broad SMARTS) is 1. The third-order valence-corrected chi connectivity index (χ3v) is 4.58. The molecule has 1 heterocycles. The lowest BCUT2D eigenvalue weighted by molar-refractivity contribution is -0.143. The summed E-state index contributed by atoms with van der Waals surface area (Å²) < 4.78 is 5.77. The first-order valence-electron chi connectivity index (χ1n) is 8.43. The molecule has 2 rings (SSSR count). The summed E-state index contributed by atoms with van der Waals surface area (Å²) in [6.07, 6.45) is 7.00. The minimum absolute atomic E-state index is 0.176. The second-order valence-corrected chi connectivity index (χ2v) is 6.64. The maximum Gasteiger partial charge on any atom is 0.317 e. The Labute approximate surface area is 132 Å². The molecular formula is C16H28N2O4. The van der Waals surface area contributed by atoms with E-state index in [1.165, 1.54) is 19.3 Å². The summed E-state index contributed by atoms with van der Waals surface area (Å²) in [4.78, 5) is 24.9. The molecule has 0 radical (unpaired) electrons. The van der Waals surface area contributed by atoms with Crippen molar-refractivity contribution in [3.05, 3.63) is 0 Å². The van der Waals surface area contributed by atoms with Crippen LogP contribution in [0.3, 0.4) is 0 Å². The van der Waals surface area contributed by atoms with E-state index in [1.54, 1.807) is 4.90 Å². The predicted octanol–water partition coefficient (Wildman–Crippen LogP) is 2.09. The average molecular weight is 312 g/mol. The number of hydrogen-bond donors (Lipinski definition) is 2. The number of hydrogen-bond acceptors (Lipinski definition) is 3. The Morgan fingerprint density at radius 2 is 1.95 bits per heavy atom. The summed E-state index contributed by atoms with van der Waals surface area (Å²) in [5.74, 6) is -1.04. The van der Waals surface area contributed by atoms with E-state index in [9.17, 15) is 9.59 Å². The van der Waals surface area contributed by atoms with Crippen molar-refractivity contribution >= 4 is 12.0 Å². The van der Waals surface area contributed by atoms with Crippen LogP contribution >= 0.6 is 0 Å². The molecule has 1 saturated heterocycles. The van der Waals surface area contributed by atoms with Crippen molar-refractivity contribution in [2.45, 2.75) is 51.6 Å². The van der Waals surface area contributed by atoms with Crippen LogP contribution in [0.25, 0.3) is 0 Å². The van der Waals surface area contributed by atoms with Crippen molar-refractivity contribution in [3.8, 4) is 0 Å². The van der Waals surface area contributed by atoms with Gasteiger partial charge in [-0.15, -0.1) is 0 Å². The first kappa shape index (κ1) is 17.1. The molecule has 0 aromatic heterocycles. The molecule has 2 N–H and O–H groups in total. The molecule has 6 nitrogen and oxygen atoms in total. The van der Waals surface area contributed by atoms with Crippen molar-refractivity contribution in [1.82, 2.24) is 10.2 Å². The molecule has 2 aliphatic rings. The van der Waals surface area contributed by atoms with E-state index in [2.05, 4.69) is 5.32 Å². The molecule has 1 aliphatic heterocycles. The number of nitrogens with one attached hydrogen (secondary N) is 1. The number of piperidine rings is 1. The Morgan fingerprint density at radius 3 is 2.64 bits per heavy atom. The van der Waals surface area contributed by atoms with E-state index in [0.717, 1.165) is 12.8 Å². The minimum atomic E-state index is -0.815. The second-order valence-electron chi connectivity index (χ2n) is 6.64. The molecule has 1 aliphatic carbocycles. The molecule has 6 heteroatoms. The highest BCUT2D eigenvalue weighted by atomic mass is 16.5. The van der Waals surface area contributed by atoms with Gasteiger partial charge in [0, 0.05) is 19.6 Å². The largest absolute Gasteiger partial charge is 0.481 e. The number of ether oxygens (including phenoxy) is 1. The molecule has 1 saturated carbocycles. The highest BCUT2D eigenvalue weighted by Crippen LogP contribution is 2.22. The zero-order chi connectivity index (χ0) is 15.9. The molecule has 126 valence electrons. The number of rotatable bonds is 5. The number of likely N-dealkylation sites (tertiary alicyclic amines) is 1. The first-order chi connectivity index (χ1) is 10.6. The van der Waals surface area contributed by atoms with Gasteiger partial charge in [0.15, 0.2) is 0 Å². The number of amides is 2. The van der Waals surface area contributed by atoms with Gasteiger partial charge < -0.3 is 20.1 Å². The Bertz CT molecular complexity index is 382. The molecule has 0 aromatic rings. The second kappa shape index (κ2) is 8.36. The zero-order valence-electron chi connectivity index (χ0n) is 13.4. The average Bonchev–Trinajstić information content (AvgIpc) is 2.51. The third-order valence-electron chi connectivity index (χ3n) is 4.58. The summed E-state index contributed by atoms with van der Waals surface area (Å²) in [6, 6.07) is -0.176. The lowest BCUT2D eigenvalue weighted by atomic mass is 9.91. The molecule has 0 spiro atoms. The number of aliphatic carboxylic acids is 1. The van der Waals surface area contributed by atoms with Gasteiger partial charge in [-0.25, -0.2) is 4.79 Å². The highest BCUT2D eigenvalue weighted by Gasteiger charge is 2.31. The predicted molar refractivity (Wildman–Crippen MR) is 82.7 cm³/mol. The maximum atomic E-state index is 12.1. The van der Waals surface area contributed by atoms with Crippen LogP contribution in [0.2, 0.25) is 0 Å². The van der Waals surface area contributed by atoms with Crippen LogP contribution in [-0.2, 0) is 9.53 Å². The van der Waals surface area contributed by atoms with Gasteiger partial charge in [0.05, 0.1) is 18.6 Å². The summed E-state index contributed by atoms with van der Waals surface area (Å²) in [7, 11) is 0. The Morgan fingerprint density at radius 1 is 1.23 bits per heavy atom. The molecule has 22 heavy (non-hydrogen) atoms. The first-order valence-corrected chi connectivity index (χ1v) is 8.43. The lowest BCUT2D eigenvalue weighted by Gasteiger charge is -2.34. The molecule has 2 unspecified atom stereocenters. The van der Waals surface area contributed by atoms with Gasteiger partial charge >= 0.3 is 12.0 Å². The molecule has 0 aromatic carbocycles. The van der Waals surface area contributed by atoms with Gasteiger partial charge in [0.1, 0.15) is 0 Å². The van der Waals surface area contributed by atoms with Crippen LogP contribution in [-0.4, -0.2) is 54.4 Å². The standard InChI is InChI=1S/C16H28N2O4/c1-12-9-13(15(19)20)11-18(10-12)16(21)17-7-8-22-14-5-3-2-4-6-14/h12-14H,2-11H2,1H3,(H,17,21)(H,19,20). The summed E-state index contributed by atoms with van der Waals surface area (Å²) in [5, 5.41) is 12.0. The van der Waals surface area contributed by atoms with Crippen molar-refractivity contribution in [2.75, 3.05) is 26.2 Å². The Hall–Kier alpha value is -1.30. The Balaban J connectivity index is 1.66. The van der Waals surface area contributed by atoms with E-state index >= 15 is 0 Å². The number of carbonyl (C=O) groups excluding carboxylic acids is 1. The number of nitrogens with zero attached hydrogens (tertiary/aromatic N) is 1. The zero-order valence-corrected chi connectivity index (χ0v) is 13.4. The quantitative estimate of drug-likeness (QED) is 0.762. The molecular weight excluding hydrogens is 284 g/mol. The van der Waals surface area contributed by atoms with Crippen molar-refractivity contribution < 1.29 is 19.4 Å². The fraction of sp³-hybridized carbons (Fsp3) is 0.875. The molecule has 2 fully saturated rings. The van der Waals surface area contributed by atoms with Crippen LogP contribution in [0.5, 0.6) is 0 Å². The summed E-state index contributed by atoms with van der Waals surface area (Å²) >= 11 is 0. The summed E-state index contributed by atoms with van der Waals surface area (Å²) in [6.45, 7) is 3.93. The Kier molecular flexibility index (Phi) is 6.49. The smallest absolute Gasteiger partial charge is 0.317 e. The van der Waals surface area contributed by atoms with E-state index in [0.29, 0.717) is 38.8 Å². The van der Waals surface area contributed by atoms with E-state index < -0.39 is 11.9 Å². The third kappa shape index (κ3) is 5.16. The van der Waals surface area contributed by atoms with Gasteiger partial charge in [0.2, 0.25) is 0 Å². The van der Waals surface area contributed by atoms with Crippen LogP contribution in [0.15, 0.2) is 0 Å². The topological polar surface area (TPSA) is 78.9 Å². The highest BCUT2D eigenvalue weighted by molar-refractivity contribution is 5.76. The molecule has 0 bridgehead atoms. The number of carbonyl (C=O) groups is 2. The van der Waals surface area contributed by atoms with Crippen molar-refractivity contribution in [2.24, 2.45) is 11.8 Å². The van der Waals surface area contributed by atoms with Crippen LogP contribution in [0.1, 0.15) is 45.4 Å².